The van der Waals surface area contributed by atoms with Gasteiger partial charge in [-0.05, 0) is 32.0 Å². The molecule has 2 aromatic rings. The molecule has 1 saturated heterocycles. The zero-order valence-corrected chi connectivity index (χ0v) is 14.6. The van der Waals surface area contributed by atoms with E-state index in [1.165, 1.54) is 0 Å². The lowest BCUT2D eigenvalue weighted by Crippen LogP contribution is -2.42. The lowest BCUT2D eigenvalue weighted by atomic mass is 9.95. The van der Waals surface area contributed by atoms with E-state index in [9.17, 15) is 13.6 Å². The number of likely N-dealkylation sites (tertiary alicyclic amines) is 1. The fraction of sp³-hybridized carbons (Fsp3) is 0.529. The molecule has 1 aliphatic rings. The highest BCUT2D eigenvalue weighted by Gasteiger charge is 2.24. The summed E-state index contributed by atoms with van der Waals surface area (Å²) in [6, 6.07) is 1.86. The number of nitrogens with one attached hydrogen (secondary N) is 1. The van der Waals surface area contributed by atoms with Crippen LogP contribution in [0.2, 0.25) is 0 Å². The lowest BCUT2D eigenvalue weighted by Gasteiger charge is -2.30. The van der Waals surface area contributed by atoms with Gasteiger partial charge in [0, 0.05) is 30.9 Å². The Morgan fingerprint density at radius 1 is 1.38 bits per heavy atom. The van der Waals surface area contributed by atoms with E-state index in [1.807, 2.05) is 24.2 Å². The third-order valence-electron chi connectivity index (χ3n) is 4.45. The monoisotopic (exact) mass is 364 g/mol. The van der Waals surface area contributed by atoms with E-state index < -0.39 is 13.0 Å². The first-order chi connectivity index (χ1) is 12.5. The maximum absolute atomic E-state index is 12.1. The van der Waals surface area contributed by atoms with Crippen molar-refractivity contribution in [3.05, 3.63) is 30.5 Å². The lowest BCUT2D eigenvalue weighted by molar-refractivity contribution is -0.123. The molecule has 9 heteroatoms. The van der Waals surface area contributed by atoms with Crippen LogP contribution in [0.3, 0.4) is 0 Å². The highest BCUT2D eigenvalue weighted by Crippen LogP contribution is 2.26. The molecule has 7 nitrogen and oxygen atoms in total. The number of halogens is 2. The summed E-state index contributed by atoms with van der Waals surface area (Å²) in [4.78, 5) is 22.7. The van der Waals surface area contributed by atoms with Crippen molar-refractivity contribution in [1.82, 2.24) is 30.0 Å². The van der Waals surface area contributed by atoms with E-state index in [4.69, 9.17) is 0 Å². The number of hydrogen-bond donors (Lipinski definition) is 1. The Balaban J connectivity index is 1.54. The highest BCUT2D eigenvalue weighted by atomic mass is 19.3. The van der Waals surface area contributed by atoms with E-state index in [1.54, 1.807) is 17.1 Å². The third kappa shape index (κ3) is 4.81. The summed E-state index contributed by atoms with van der Waals surface area (Å²) in [5, 5.41) is 6.40. The summed E-state index contributed by atoms with van der Waals surface area (Å²) in [5.41, 5.74) is 1.79. The van der Waals surface area contributed by atoms with E-state index >= 15 is 0 Å². The topological polar surface area (TPSA) is 75.9 Å². The quantitative estimate of drug-likeness (QED) is 0.839. The first-order valence-electron chi connectivity index (χ1n) is 8.60. The standard InChI is InChI=1S/C17H22F2N6O/c1-24-10-13(8-22-24)14-2-5-20-17(23-14)12-3-6-25(7-4-12)11-16(26)21-9-15(18)19/h2,5,8,10,12,15H,3-4,6-7,9,11H2,1H3,(H,21,26). The number of aryl methyl sites for hydroxylation is 1. The average Bonchev–Trinajstić information content (AvgIpc) is 3.07. The molecule has 3 heterocycles. The molecular formula is C17H22F2N6O. The van der Waals surface area contributed by atoms with Crippen LogP contribution in [0.5, 0.6) is 0 Å². The smallest absolute Gasteiger partial charge is 0.255 e. The van der Waals surface area contributed by atoms with Crippen LogP contribution >= 0.6 is 0 Å². The van der Waals surface area contributed by atoms with Crippen molar-refractivity contribution < 1.29 is 13.6 Å². The van der Waals surface area contributed by atoms with Gasteiger partial charge in [-0.25, -0.2) is 18.7 Å². The summed E-state index contributed by atoms with van der Waals surface area (Å²) >= 11 is 0. The van der Waals surface area contributed by atoms with Crippen molar-refractivity contribution in [2.24, 2.45) is 7.05 Å². The molecule has 0 atom stereocenters. The highest BCUT2D eigenvalue weighted by molar-refractivity contribution is 5.78. The molecule has 3 rings (SSSR count). The Morgan fingerprint density at radius 3 is 2.81 bits per heavy atom. The Kier molecular flexibility index (Phi) is 5.87. The number of rotatable bonds is 6. The second-order valence-electron chi connectivity index (χ2n) is 6.45. The molecule has 0 bridgehead atoms. The van der Waals surface area contributed by atoms with Crippen molar-refractivity contribution >= 4 is 5.91 Å². The second-order valence-corrected chi connectivity index (χ2v) is 6.45. The zero-order chi connectivity index (χ0) is 18.5. The molecule has 0 radical (unpaired) electrons. The Labute approximate surface area is 150 Å². The number of aromatic nitrogens is 4. The van der Waals surface area contributed by atoms with Crippen molar-refractivity contribution in [2.45, 2.75) is 25.2 Å². The minimum absolute atomic E-state index is 0.149. The van der Waals surface area contributed by atoms with Gasteiger partial charge in [-0.15, -0.1) is 0 Å². The van der Waals surface area contributed by atoms with E-state index in [0.717, 1.165) is 29.9 Å². The SMILES string of the molecule is Cn1cc(-c2ccnc(C3CCN(CC(=O)NCC(F)F)CC3)n2)cn1. The maximum atomic E-state index is 12.1. The van der Waals surface area contributed by atoms with Crippen molar-refractivity contribution in [2.75, 3.05) is 26.2 Å². The summed E-state index contributed by atoms with van der Waals surface area (Å²) in [6.45, 7) is 0.987. The second kappa shape index (κ2) is 8.31. The molecule has 2 aromatic heterocycles. The first-order valence-corrected chi connectivity index (χ1v) is 8.60. The first kappa shape index (κ1) is 18.4. The van der Waals surface area contributed by atoms with E-state index in [-0.39, 0.29) is 18.4 Å². The van der Waals surface area contributed by atoms with Crippen molar-refractivity contribution in [3.8, 4) is 11.3 Å². The van der Waals surface area contributed by atoms with Crippen LogP contribution in [0.4, 0.5) is 8.78 Å². The Hall–Kier alpha value is -2.42. The number of carbonyl (C=O) groups excluding carboxylic acids is 1. The van der Waals surface area contributed by atoms with E-state index in [0.29, 0.717) is 13.1 Å². The van der Waals surface area contributed by atoms with Gasteiger partial charge >= 0.3 is 0 Å². The summed E-state index contributed by atoms with van der Waals surface area (Å²) in [6.07, 6.45) is 4.58. The van der Waals surface area contributed by atoms with Crippen LogP contribution in [-0.4, -0.2) is 63.2 Å². The number of alkyl halides is 2. The van der Waals surface area contributed by atoms with Crippen LogP contribution in [-0.2, 0) is 11.8 Å². The van der Waals surface area contributed by atoms with Crippen LogP contribution < -0.4 is 5.32 Å². The summed E-state index contributed by atoms with van der Waals surface area (Å²) in [5.74, 6) is 0.665. The van der Waals surface area contributed by atoms with Crippen LogP contribution in [0.25, 0.3) is 11.3 Å². The van der Waals surface area contributed by atoms with Crippen molar-refractivity contribution in [1.29, 1.82) is 0 Å². The fourth-order valence-corrected chi connectivity index (χ4v) is 3.08. The van der Waals surface area contributed by atoms with Gasteiger partial charge in [-0.3, -0.25) is 14.4 Å². The Bertz CT molecular complexity index is 742. The number of carbonyl (C=O) groups is 1. The molecule has 1 fully saturated rings. The molecule has 1 aliphatic heterocycles. The molecule has 0 aliphatic carbocycles. The van der Waals surface area contributed by atoms with Crippen LogP contribution in [0.1, 0.15) is 24.6 Å². The van der Waals surface area contributed by atoms with Gasteiger partial charge in [0.05, 0.1) is 25.0 Å². The molecule has 1 N–H and O–H groups in total. The van der Waals surface area contributed by atoms with Gasteiger partial charge in [0.2, 0.25) is 5.91 Å². The van der Waals surface area contributed by atoms with Gasteiger partial charge in [0.15, 0.2) is 0 Å². The van der Waals surface area contributed by atoms with Crippen LogP contribution in [0, 0.1) is 0 Å². The molecular weight excluding hydrogens is 342 g/mol. The number of piperidine rings is 1. The zero-order valence-electron chi connectivity index (χ0n) is 14.6. The molecule has 1 amide bonds. The number of nitrogens with zero attached hydrogens (tertiary/aromatic N) is 5. The van der Waals surface area contributed by atoms with Gasteiger partial charge in [0.1, 0.15) is 5.82 Å². The molecule has 0 unspecified atom stereocenters. The third-order valence-corrected chi connectivity index (χ3v) is 4.45. The molecule has 0 saturated carbocycles. The molecule has 0 aromatic carbocycles. The normalized spacial score (nSPS) is 16.2. The van der Waals surface area contributed by atoms with Gasteiger partial charge in [0.25, 0.3) is 6.43 Å². The minimum atomic E-state index is -2.52. The number of amides is 1. The number of hydrogen-bond acceptors (Lipinski definition) is 5. The fourth-order valence-electron chi connectivity index (χ4n) is 3.08. The minimum Gasteiger partial charge on any atom is -0.349 e. The van der Waals surface area contributed by atoms with Crippen molar-refractivity contribution in [3.63, 3.8) is 0 Å². The Morgan fingerprint density at radius 2 is 2.15 bits per heavy atom. The molecule has 26 heavy (non-hydrogen) atoms. The molecule has 0 spiro atoms. The largest absolute Gasteiger partial charge is 0.349 e. The summed E-state index contributed by atoms with van der Waals surface area (Å²) in [7, 11) is 1.86. The summed E-state index contributed by atoms with van der Waals surface area (Å²) < 4.78 is 26.0. The predicted molar refractivity (Wildman–Crippen MR) is 91.7 cm³/mol. The van der Waals surface area contributed by atoms with Gasteiger partial charge in [-0.2, -0.15) is 5.10 Å². The predicted octanol–water partition coefficient (Wildman–Crippen LogP) is 1.44. The molecule has 140 valence electrons. The van der Waals surface area contributed by atoms with Crippen LogP contribution in [0.15, 0.2) is 24.7 Å². The maximum Gasteiger partial charge on any atom is 0.255 e. The average molecular weight is 364 g/mol. The van der Waals surface area contributed by atoms with Gasteiger partial charge in [-0.1, -0.05) is 0 Å². The van der Waals surface area contributed by atoms with Gasteiger partial charge < -0.3 is 5.32 Å². The van der Waals surface area contributed by atoms with E-state index in [2.05, 4.69) is 20.4 Å².